The summed E-state index contributed by atoms with van der Waals surface area (Å²) in [6, 6.07) is 14.4. The number of hydrogen-bond acceptors (Lipinski definition) is 2. The smallest absolute Gasteiger partial charge is 0.123 e. The summed E-state index contributed by atoms with van der Waals surface area (Å²) in [5.41, 5.74) is 2.01. The third-order valence-electron chi connectivity index (χ3n) is 2.55. The van der Waals surface area contributed by atoms with E-state index < -0.39 is 0 Å². The van der Waals surface area contributed by atoms with E-state index in [4.69, 9.17) is 0 Å². The molecule has 0 amide bonds. The maximum Gasteiger partial charge on any atom is 0.123 e. The van der Waals surface area contributed by atoms with Crippen LogP contribution in [0.15, 0.2) is 65.0 Å². The van der Waals surface area contributed by atoms with Gasteiger partial charge in [0.25, 0.3) is 0 Å². The lowest BCUT2D eigenvalue weighted by molar-refractivity contribution is 0.627. The molecule has 1 atom stereocenters. The average Bonchev–Trinajstić information content (AvgIpc) is 2.42. The van der Waals surface area contributed by atoms with E-state index >= 15 is 0 Å². The molecular weight excluding hydrogens is 325 g/mol. The Morgan fingerprint density at radius 3 is 2.32 bits per heavy atom. The number of thioether (sulfide) groups is 1. The van der Waals surface area contributed by atoms with Gasteiger partial charge in [0.2, 0.25) is 0 Å². The lowest BCUT2D eigenvalue weighted by Gasteiger charge is -2.18. The highest BCUT2D eigenvalue weighted by Gasteiger charge is 2.10. The monoisotopic (exact) mass is 337 g/mol. The Labute approximate surface area is 125 Å². The SMILES string of the molecule is C=CSC(Nc1ccc(Br)cc1)c1ccc(F)cc1. The van der Waals surface area contributed by atoms with Gasteiger partial charge < -0.3 is 5.32 Å². The van der Waals surface area contributed by atoms with Crippen LogP contribution in [0.2, 0.25) is 0 Å². The molecule has 1 N–H and O–H groups in total. The second-order valence-electron chi connectivity index (χ2n) is 3.89. The first-order valence-corrected chi connectivity index (χ1v) is 7.46. The van der Waals surface area contributed by atoms with E-state index in [2.05, 4.69) is 27.8 Å². The number of nitrogens with one attached hydrogen (secondary N) is 1. The topological polar surface area (TPSA) is 12.0 Å². The van der Waals surface area contributed by atoms with Crippen LogP contribution in [0, 0.1) is 5.82 Å². The zero-order chi connectivity index (χ0) is 13.7. The van der Waals surface area contributed by atoms with Crippen LogP contribution in [0.25, 0.3) is 0 Å². The van der Waals surface area contributed by atoms with Crippen molar-refractivity contribution in [1.82, 2.24) is 0 Å². The molecule has 0 heterocycles. The van der Waals surface area contributed by atoms with E-state index in [1.54, 1.807) is 29.3 Å². The van der Waals surface area contributed by atoms with Crippen LogP contribution >= 0.6 is 27.7 Å². The summed E-state index contributed by atoms with van der Waals surface area (Å²) in [7, 11) is 0. The molecule has 2 aromatic rings. The maximum absolute atomic E-state index is 13.0. The molecule has 19 heavy (non-hydrogen) atoms. The van der Waals surface area contributed by atoms with Crippen molar-refractivity contribution in [3.63, 3.8) is 0 Å². The fourth-order valence-electron chi connectivity index (χ4n) is 1.63. The van der Waals surface area contributed by atoms with E-state index in [0.29, 0.717) is 0 Å². The normalized spacial score (nSPS) is 11.9. The number of rotatable bonds is 5. The van der Waals surface area contributed by atoms with Gasteiger partial charge in [-0.05, 0) is 47.4 Å². The van der Waals surface area contributed by atoms with Gasteiger partial charge in [-0.2, -0.15) is 0 Å². The minimum Gasteiger partial charge on any atom is -0.369 e. The molecule has 0 aromatic heterocycles. The standard InChI is InChI=1S/C15H13BrFNS/c1-2-19-15(11-3-7-13(17)8-4-11)18-14-9-5-12(16)6-10-14/h2-10,15,18H,1H2. The van der Waals surface area contributed by atoms with Crippen LogP contribution in [-0.2, 0) is 0 Å². The number of benzene rings is 2. The fraction of sp³-hybridized carbons (Fsp3) is 0.0667. The third kappa shape index (κ3) is 4.11. The Hall–Kier alpha value is -1.26. The van der Waals surface area contributed by atoms with E-state index in [-0.39, 0.29) is 11.2 Å². The predicted octanol–water partition coefficient (Wildman–Crippen LogP) is 5.58. The Bertz CT molecular complexity index is 539. The molecule has 0 saturated heterocycles. The first kappa shape index (κ1) is 14.2. The number of anilines is 1. The maximum atomic E-state index is 13.0. The second-order valence-corrected chi connectivity index (χ2v) is 5.88. The fourth-order valence-corrected chi connectivity index (χ4v) is 2.60. The highest BCUT2D eigenvalue weighted by atomic mass is 79.9. The Kier molecular flexibility index (Phi) is 5.05. The summed E-state index contributed by atoms with van der Waals surface area (Å²) in [5, 5.41) is 5.18. The predicted molar refractivity (Wildman–Crippen MR) is 84.7 cm³/mol. The third-order valence-corrected chi connectivity index (χ3v) is 3.93. The van der Waals surface area contributed by atoms with Crippen LogP contribution < -0.4 is 5.32 Å². The molecule has 2 aromatic carbocycles. The molecule has 0 fully saturated rings. The van der Waals surface area contributed by atoms with Crippen molar-refractivity contribution in [3.8, 4) is 0 Å². The van der Waals surface area contributed by atoms with Crippen LogP contribution in [0.1, 0.15) is 10.9 Å². The van der Waals surface area contributed by atoms with Crippen molar-refractivity contribution >= 4 is 33.4 Å². The highest BCUT2D eigenvalue weighted by molar-refractivity contribution is 9.10. The first-order valence-electron chi connectivity index (χ1n) is 5.73. The minimum absolute atomic E-state index is 0.0132. The van der Waals surface area contributed by atoms with Crippen molar-refractivity contribution in [2.45, 2.75) is 5.37 Å². The van der Waals surface area contributed by atoms with Crippen molar-refractivity contribution in [3.05, 3.63) is 76.4 Å². The molecule has 2 rings (SSSR count). The molecule has 0 aliphatic rings. The Morgan fingerprint density at radius 2 is 1.74 bits per heavy atom. The summed E-state index contributed by atoms with van der Waals surface area (Å²) in [6.45, 7) is 3.74. The zero-order valence-corrected chi connectivity index (χ0v) is 12.5. The summed E-state index contributed by atoms with van der Waals surface area (Å²) < 4.78 is 14.0. The van der Waals surface area contributed by atoms with Crippen molar-refractivity contribution in [1.29, 1.82) is 0 Å². The molecule has 1 unspecified atom stereocenters. The summed E-state index contributed by atoms with van der Waals surface area (Å²) in [6.07, 6.45) is 0. The van der Waals surface area contributed by atoms with Gasteiger partial charge in [0, 0.05) is 10.2 Å². The first-order chi connectivity index (χ1) is 9.19. The molecule has 0 aliphatic heterocycles. The van der Waals surface area contributed by atoms with Crippen LogP contribution in [0.4, 0.5) is 10.1 Å². The zero-order valence-electron chi connectivity index (χ0n) is 10.1. The summed E-state index contributed by atoms with van der Waals surface area (Å²) >= 11 is 4.96. The van der Waals surface area contributed by atoms with Crippen molar-refractivity contribution < 1.29 is 4.39 Å². The van der Waals surface area contributed by atoms with Gasteiger partial charge >= 0.3 is 0 Å². The molecular formula is C15H13BrFNS. The summed E-state index contributed by atoms with van der Waals surface area (Å²) in [5.74, 6) is -0.227. The quantitative estimate of drug-likeness (QED) is 0.715. The molecule has 0 saturated carbocycles. The molecule has 0 bridgehead atoms. The van der Waals surface area contributed by atoms with Crippen molar-refractivity contribution in [2.75, 3.05) is 5.32 Å². The number of hydrogen-bond donors (Lipinski definition) is 1. The second kappa shape index (κ2) is 6.78. The minimum atomic E-state index is -0.227. The van der Waals surface area contributed by atoms with Gasteiger partial charge in [-0.15, -0.1) is 11.8 Å². The molecule has 0 aliphatic carbocycles. The van der Waals surface area contributed by atoms with Gasteiger partial charge in [0.15, 0.2) is 0 Å². The van der Waals surface area contributed by atoms with Gasteiger partial charge in [-0.1, -0.05) is 34.6 Å². The lowest BCUT2D eigenvalue weighted by Crippen LogP contribution is -2.06. The van der Waals surface area contributed by atoms with Gasteiger partial charge in [-0.3, -0.25) is 0 Å². The van der Waals surface area contributed by atoms with Gasteiger partial charge in [0.1, 0.15) is 11.2 Å². The molecule has 4 heteroatoms. The Morgan fingerprint density at radius 1 is 1.11 bits per heavy atom. The Balaban J connectivity index is 2.18. The van der Waals surface area contributed by atoms with E-state index in [1.807, 2.05) is 24.3 Å². The van der Waals surface area contributed by atoms with E-state index in [9.17, 15) is 4.39 Å². The van der Waals surface area contributed by atoms with Crippen molar-refractivity contribution in [2.24, 2.45) is 0 Å². The molecule has 1 nitrogen and oxygen atoms in total. The number of halogens is 2. The largest absolute Gasteiger partial charge is 0.369 e. The molecule has 0 radical (unpaired) electrons. The van der Waals surface area contributed by atoms with E-state index in [0.717, 1.165) is 15.7 Å². The summed E-state index contributed by atoms with van der Waals surface area (Å²) in [4.78, 5) is 0. The molecule has 98 valence electrons. The van der Waals surface area contributed by atoms with Crippen LogP contribution in [0.5, 0.6) is 0 Å². The highest BCUT2D eigenvalue weighted by Crippen LogP contribution is 2.31. The van der Waals surface area contributed by atoms with Gasteiger partial charge in [-0.25, -0.2) is 4.39 Å². The van der Waals surface area contributed by atoms with Crippen LogP contribution in [-0.4, -0.2) is 0 Å². The van der Waals surface area contributed by atoms with Gasteiger partial charge in [0.05, 0.1) is 0 Å². The van der Waals surface area contributed by atoms with E-state index in [1.165, 1.54) is 12.1 Å². The van der Waals surface area contributed by atoms with Crippen LogP contribution in [0.3, 0.4) is 0 Å². The molecule has 0 spiro atoms. The lowest BCUT2D eigenvalue weighted by atomic mass is 10.2. The average molecular weight is 338 g/mol.